The predicted molar refractivity (Wildman–Crippen MR) is 66.7 cm³/mol. The number of Topliss-reactive ketones (excluding diaryl/α,β-unsaturated/α-hetero) is 1. The van der Waals surface area contributed by atoms with Crippen molar-refractivity contribution in [2.45, 2.75) is 13.3 Å². The molecule has 5 nitrogen and oxygen atoms in total. The van der Waals surface area contributed by atoms with Crippen LogP contribution in [0.15, 0.2) is 12.1 Å². The lowest BCUT2D eigenvalue weighted by Crippen LogP contribution is -2.04. The highest BCUT2D eigenvalue weighted by Gasteiger charge is 2.15. The van der Waals surface area contributed by atoms with Crippen molar-refractivity contribution in [3.05, 3.63) is 17.7 Å². The van der Waals surface area contributed by atoms with Gasteiger partial charge in [0.05, 0.1) is 20.8 Å². The van der Waals surface area contributed by atoms with Gasteiger partial charge in [-0.05, 0) is 19.1 Å². The maximum absolute atomic E-state index is 11.4. The molecule has 0 bridgehead atoms. The number of ether oxygens (including phenoxy) is 3. The molecule has 0 aliphatic carbocycles. The van der Waals surface area contributed by atoms with Gasteiger partial charge in [-0.1, -0.05) is 0 Å². The summed E-state index contributed by atoms with van der Waals surface area (Å²) in [5.74, 6) is 1.25. The SMILES string of the molecule is COc1cc(C(C)=O)cc(OC)c1OCCCO. The number of methoxy groups -OCH3 is 2. The van der Waals surface area contributed by atoms with Crippen LogP contribution in [0.2, 0.25) is 0 Å². The number of aliphatic hydroxyl groups excluding tert-OH is 1. The summed E-state index contributed by atoms with van der Waals surface area (Å²) in [4.78, 5) is 11.4. The topological polar surface area (TPSA) is 65.0 Å². The van der Waals surface area contributed by atoms with E-state index in [0.29, 0.717) is 35.8 Å². The molecule has 0 amide bonds. The van der Waals surface area contributed by atoms with E-state index in [4.69, 9.17) is 19.3 Å². The minimum absolute atomic E-state index is 0.0517. The molecule has 0 unspecified atom stereocenters. The molecule has 0 aliphatic rings. The van der Waals surface area contributed by atoms with Gasteiger partial charge < -0.3 is 19.3 Å². The third kappa shape index (κ3) is 3.37. The summed E-state index contributed by atoms with van der Waals surface area (Å²) in [5.41, 5.74) is 0.498. The molecule has 0 aliphatic heterocycles. The van der Waals surface area contributed by atoms with Crippen LogP contribution in [0.3, 0.4) is 0 Å². The van der Waals surface area contributed by atoms with Gasteiger partial charge in [0, 0.05) is 18.6 Å². The Labute approximate surface area is 106 Å². The van der Waals surface area contributed by atoms with Gasteiger partial charge in [0.15, 0.2) is 17.3 Å². The van der Waals surface area contributed by atoms with Crippen LogP contribution < -0.4 is 14.2 Å². The van der Waals surface area contributed by atoms with Crippen molar-refractivity contribution in [2.24, 2.45) is 0 Å². The number of hydrogen-bond donors (Lipinski definition) is 1. The molecule has 1 aromatic carbocycles. The second kappa shape index (κ2) is 6.86. The van der Waals surface area contributed by atoms with Gasteiger partial charge in [0.25, 0.3) is 0 Å². The van der Waals surface area contributed by atoms with Gasteiger partial charge in [-0.25, -0.2) is 0 Å². The fraction of sp³-hybridized carbons (Fsp3) is 0.462. The van der Waals surface area contributed by atoms with Gasteiger partial charge in [0.2, 0.25) is 5.75 Å². The van der Waals surface area contributed by atoms with Crippen molar-refractivity contribution in [1.82, 2.24) is 0 Å². The van der Waals surface area contributed by atoms with Crippen molar-refractivity contribution in [3.63, 3.8) is 0 Å². The first kappa shape index (κ1) is 14.3. The highest BCUT2D eigenvalue weighted by Crippen LogP contribution is 2.38. The number of carbonyl (C=O) groups is 1. The maximum Gasteiger partial charge on any atom is 0.203 e. The van der Waals surface area contributed by atoms with Crippen molar-refractivity contribution in [2.75, 3.05) is 27.4 Å². The predicted octanol–water partition coefficient (Wildman–Crippen LogP) is 1.67. The van der Waals surface area contributed by atoms with Gasteiger partial charge >= 0.3 is 0 Å². The van der Waals surface area contributed by atoms with Gasteiger partial charge in [-0.3, -0.25) is 4.79 Å². The van der Waals surface area contributed by atoms with Crippen LogP contribution in [-0.4, -0.2) is 38.3 Å². The molecule has 0 fully saturated rings. The molecule has 0 heterocycles. The third-order valence-electron chi connectivity index (χ3n) is 2.42. The average Bonchev–Trinajstić information content (AvgIpc) is 2.38. The normalized spacial score (nSPS) is 10.0. The van der Waals surface area contributed by atoms with E-state index in [9.17, 15) is 4.79 Å². The lowest BCUT2D eigenvalue weighted by atomic mass is 10.1. The summed E-state index contributed by atoms with van der Waals surface area (Å²) >= 11 is 0. The lowest BCUT2D eigenvalue weighted by molar-refractivity contribution is 0.101. The van der Waals surface area contributed by atoms with E-state index < -0.39 is 0 Å². The fourth-order valence-corrected chi connectivity index (χ4v) is 1.46. The molecule has 1 rings (SSSR count). The fourth-order valence-electron chi connectivity index (χ4n) is 1.46. The average molecular weight is 254 g/mol. The van der Waals surface area contributed by atoms with Crippen LogP contribution in [-0.2, 0) is 0 Å². The van der Waals surface area contributed by atoms with Crippen LogP contribution in [0.5, 0.6) is 17.2 Å². The second-order valence-corrected chi connectivity index (χ2v) is 3.69. The van der Waals surface area contributed by atoms with E-state index in [1.807, 2.05) is 0 Å². The van der Waals surface area contributed by atoms with Crippen LogP contribution in [0.4, 0.5) is 0 Å². The minimum Gasteiger partial charge on any atom is -0.493 e. The van der Waals surface area contributed by atoms with Crippen molar-refractivity contribution >= 4 is 5.78 Å². The molecular weight excluding hydrogens is 236 g/mol. The third-order valence-corrected chi connectivity index (χ3v) is 2.42. The number of aliphatic hydroxyl groups is 1. The summed E-state index contributed by atoms with van der Waals surface area (Å²) in [6.07, 6.45) is 0.515. The first-order chi connectivity index (χ1) is 8.63. The van der Waals surface area contributed by atoms with Crippen molar-refractivity contribution < 1.29 is 24.1 Å². The zero-order valence-electron chi connectivity index (χ0n) is 10.9. The highest BCUT2D eigenvalue weighted by atomic mass is 16.5. The molecule has 0 atom stereocenters. The Bertz CT molecular complexity index is 389. The van der Waals surface area contributed by atoms with Crippen LogP contribution in [0, 0.1) is 0 Å². The zero-order valence-corrected chi connectivity index (χ0v) is 10.9. The molecule has 0 radical (unpaired) electrons. The summed E-state index contributed by atoms with van der Waals surface area (Å²) in [6.45, 7) is 1.87. The van der Waals surface area contributed by atoms with Gasteiger partial charge in [-0.15, -0.1) is 0 Å². The molecule has 5 heteroatoms. The van der Waals surface area contributed by atoms with E-state index in [2.05, 4.69) is 0 Å². The standard InChI is InChI=1S/C13H18O5/c1-9(15)10-7-11(16-2)13(12(8-10)17-3)18-6-4-5-14/h7-8,14H,4-6H2,1-3H3. The molecule has 18 heavy (non-hydrogen) atoms. The summed E-state index contributed by atoms with van der Waals surface area (Å²) in [5, 5.41) is 8.73. The number of ketones is 1. The molecule has 1 N–H and O–H groups in total. The molecule has 0 saturated heterocycles. The second-order valence-electron chi connectivity index (χ2n) is 3.69. The molecule has 1 aromatic rings. The van der Waals surface area contributed by atoms with E-state index >= 15 is 0 Å². The van der Waals surface area contributed by atoms with E-state index in [0.717, 1.165) is 0 Å². The molecular formula is C13H18O5. The largest absolute Gasteiger partial charge is 0.493 e. The molecule has 0 spiro atoms. The maximum atomic E-state index is 11.4. The Morgan fingerprint density at radius 3 is 2.17 bits per heavy atom. The Morgan fingerprint density at radius 1 is 1.22 bits per heavy atom. The summed E-state index contributed by atoms with van der Waals surface area (Å²) in [6, 6.07) is 3.22. The van der Waals surface area contributed by atoms with E-state index in [1.165, 1.54) is 21.1 Å². The number of rotatable bonds is 7. The number of hydrogen-bond acceptors (Lipinski definition) is 5. The monoisotopic (exact) mass is 254 g/mol. The Kier molecular flexibility index (Phi) is 5.45. The van der Waals surface area contributed by atoms with E-state index in [-0.39, 0.29) is 12.4 Å². The first-order valence-corrected chi connectivity index (χ1v) is 5.64. The molecule has 0 saturated carbocycles. The highest BCUT2D eigenvalue weighted by molar-refractivity contribution is 5.95. The summed E-state index contributed by atoms with van der Waals surface area (Å²) < 4.78 is 15.9. The minimum atomic E-state index is -0.0755. The van der Waals surface area contributed by atoms with Crippen LogP contribution in [0.25, 0.3) is 0 Å². The number of benzene rings is 1. The first-order valence-electron chi connectivity index (χ1n) is 5.64. The smallest absolute Gasteiger partial charge is 0.203 e. The summed E-state index contributed by atoms with van der Waals surface area (Å²) in [7, 11) is 3.00. The van der Waals surface area contributed by atoms with E-state index in [1.54, 1.807) is 12.1 Å². The molecule has 100 valence electrons. The van der Waals surface area contributed by atoms with Crippen LogP contribution in [0.1, 0.15) is 23.7 Å². The Hall–Kier alpha value is -1.75. The van der Waals surface area contributed by atoms with Crippen molar-refractivity contribution in [3.8, 4) is 17.2 Å². The quantitative estimate of drug-likeness (QED) is 0.592. The van der Waals surface area contributed by atoms with Crippen LogP contribution >= 0.6 is 0 Å². The molecule has 0 aromatic heterocycles. The van der Waals surface area contributed by atoms with Gasteiger partial charge in [0.1, 0.15) is 0 Å². The Morgan fingerprint density at radius 2 is 1.78 bits per heavy atom. The zero-order chi connectivity index (χ0) is 13.5. The van der Waals surface area contributed by atoms with Gasteiger partial charge in [-0.2, -0.15) is 0 Å². The lowest BCUT2D eigenvalue weighted by Gasteiger charge is -2.15. The van der Waals surface area contributed by atoms with Crippen molar-refractivity contribution in [1.29, 1.82) is 0 Å². The number of carbonyl (C=O) groups excluding carboxylic acids is 1. The Balaban J connectivity index is 3.09.